The summed E-state index contributed by atoms with van der Waals surface area (Å²) in [6, 6.07) is 6.42. The number of amides is 2. The molecule has 0 aliphatic rings. The standard InChI is InChI=1S/C16H16ClN3O6/c1-24-13-7-10(8-14(25-2)15(13)26-3)19-16(21)18-9-4-5-11(17)12(6-9)20(22)23/h4-8H,1-3H3,(H2,18,19,21). The second-order valence-electron chi connectivity index (χ2n) is 4.92. The Balaban J connectivity index is 2.20. The second-order valence-corrected chi connectivity index (χ2v) is 5.32. The molecule has 0 saturated heterocycles. The number of nitrogens with zero attached hydrogens (tertiary/aromatic N) is 1. The molecule has 2 aromatic carbocycles. The first-order chi connectivity index (χ1) is 12.4. The van der Waals surface area contributed by atoms with Crippen LogP contribution < -0.4 is 24.8 Å². The maximum atomic E-state index is 12.2. The van der Waals surface area contributed by atoms with Crippen LogP contribution in [-0.4, -0.2) is 32.3 Å². The summed E-state index contributed by atoms with van der Waals surface area (Å²) < 4.78 is 15.6. The van der Waals surface area contributed by atoms with Gasteiger partial charge in [-0.3, -0.25) is 10.1 Å². The van der Waals surface area contributed by atoms with Crippen molar-refractivity contribution < 1.29 is 23.9 Å². The van der Waals surface area contributed by atoms with Crippen molar-refractivity contribution in [2.45, 2.75) is 0 Å². The van der Waals surface area contributed by atoms with Crippen molar-refractivity contribution in [3.63, 3.8) is 0 Å². The Kier molecular flexibility index (Phi) is 6.07. The Morgan fingerprint density at radius 1 is 1.00 bits per heavy atom. The molecule has 26 heavy (non-hydrogen) atoms. The number of hydrogen-bond donors (Lipinski definition) is 2. The van der Waals surface area contributed by atoms with Crippen molar-refractivity contribution in [2.24, 2.45) is 0 Å². The number of ether oxygens (including phenoxy) is 3. The fourth-order valence-electron chi connectivity index (χ4n) is 2.18. The lowest BCUT2D eigenvalue weighted by Crippen LogP contribution is -2.19. The lowest BCUT2D eigenvalue weighted by molar-refractivity contribution is -0.384. The summed E-state index contributed by atoms with van der Waals surface area (Å²) in [7, 11) is 4.37. The molecule has 0 radical (unpaired) electrons. The Morgan fingerprint density at radius 2 is 1.58 bits per heavy atom. The molecule has 2 N–H and O–H groups in total. The minimum absolute atomic E-state index is 0.0226. The highest BCUT2D eigenvalue weighted by atomic mass is 35.5. The summed E-state index contributed by atoms with van der Waals surface area (Å²) in [5, 5.41) is 16.0. The van der Waals surface area contributed by atoms with Gasteiger partial charge in [0.05, 0.1) is 31.9 Å². The fourth-order valence-corrected chi connectivity index (χ4v) is 2.36. The average Bonchev–Trinajstić information content (AvgIpc) is 2.62. The minimum Gasteiger partial charge on any atom is -0.493 e. The van der Waals surface area contributed by atoms with Gasteiger partial charge in [-0.1, -0.05) is 11.6 Å². The maximum Gasteiger partial charge on any atom is 0.323 e. The molecular weight excluding hydrogens is 366 g/mol. The van der Waals surface area contributed by atoms with Crippen LogP contribution in [0, 0.1) is 10.1 Å². The fraction of sp³-hybridized carbons (Fsp3) is 0.188. The van der Waals surface area contributed by atoms with Gasteiger partial charge in [0.1, 0.15) is 5.02 Å². The molecule has 0 aliphatic carbocycles. The first-order valence-corrected chi connectivity index (χ1v) is 7.59. The van der Waals surface area contributed by atoms with Gasteiger partial charge in [-0.15, -0.1) is 0 Å². The SMILES string of the molecule is COc1cc(NC(=O)Nc2ccc(Cl)c([N+](=O)[O-])c2)cc(OC)c1OC. The molecule has 138 valence electrons. The molecule has 10 heteroatoms. The number of nitro groups is 1. The molecule has 0 atom stereocenters. The lowest BCUT2D eigenvalue weighted by atomic mass is 10.2. The summed E-state index contributed by atoms with van der Waals surface area (Å²) in [5.41, 5.74) is 0.281. The van der Waals surface area contributed by atoms with E-state index in [-0.39, 0.29) is 16.4 Å². The molecule has 0 fully saturated rings. The van der Waals surface area contributed by atoms with Crippen LogP contribution in [0.4, 0.5) is 21.9 Å². The lowest BCUT2D eigenvalue weighted by Gasteiger charge is -2.15. The highest BCUT2D eigenvalue weighted by Gasteiger charge is 2.16. The molecule has 0 spiro atoms. The number of benzene rings is 2. The monoisotopic (exact) mass is 381 g/mol. The van der Waals surface area contributed by atoms with E-state index in [1.807, 2.05) is 0 Å². The van der Waals surface area contributed by atoms with Gasteiger partial charge < -0.3 is 24.8 Å². The molecule has 0 unspecified atom stereocenters. The molecular formula is C16H16ClN3O6. The molecule has 0 heterocycles. The predicted octanol–water partition coefficient (Wildman–Crippen LogP) is 3.92. The second kappa shape index (κ2) is 8.26. The zero-order valence-electron chi connectivity index (χ0n) is 14.2. The van der Waals surface area contributed by atoms with Gasteiger partial charge in [0, 0.05) is 23.9 Å². The van der Waals surface area contributed by atoms with Gasteiger partial charge in [-0.2, -0.15) is 0 Å². The molecule has 0 bridgehead atoms. The van der Waals surface area contributed by atoms with Crippen LogP contribution in [0.15, 0.2) is 30.3 Å². The quantitative estimate of drug-likeness (QED) is 0.579. The Morgan fingerprint density at radius 3 is 2.08 bits per heavy atom. The van der Waals surface area contributed by atoms with E-state index in [4.69, 9.17) is 25.8 Å². The number of rotatable bonds is 6. The molecule has 2 aromatic rings. The smallest absolute Gasteiger partial charge is 0.323 e. The van der Waals surface area contributed by atoms with Crippen molar-refractivity contribution in [3.05, 3.63) is 45.5 Å². The summed E-state index contributed by atoms with van der Waals surface area (Å²) >= 11 is 5.74. The van der Waals surface area contributed by atoms with Gasteiger partial charge in [-0.05, 0) is 12.1 Å². The predicted molar refractivity (Wildman–Crippen MR) is 96.8 cm³/mol. The Bertz CT molecular complexity index is 818. The number of nitrogens with one attached hydrogen (secondary N) is 2. The van der Waals surface area contributed by atoms with Crippen molar-refractivity contribution >= 4 is 34.7 Å². The van der Waals surface area contributed by atoms with Gasteiger partial charge in [0.15, 0.2) is 11.5 Å². The van der Waals surface area contributed by atoms with Crippen LogP contribution in [0.1, 0.15) is 0 Å². The molecule has 9 nitrogen and oxygen atoms in total. The summed E-state index contributed by atoms with van der Waals surface area (Å²) in [5.74, 6) is 1.11. The Hall–Kier alpha value is -3.20. The maximum absolute atomic E-state index is 12.2. The molecule has 0 aliphatic heterocycles. The molecule has 0 saturated carbocycles. The van der Waals surface area contributed by atoms with Crippen LogP contribution in [0.2, 0.25) is 5.02 Å². The van der Waals surface area contributed by atoms with Gasteiger partial charge in [-0.25, -0.2) is 4.79 Å². The number of urea groups is 1. The zero-order chi connectivity index (χ0) is 19.3. The van der Waals surface area contributed by atoms with E-state index in [0.29, 0.717) is 22.9 Å². The average molecular weight is 382 g/mol. The number of hydrogen-bond acceptors (Lipinski definition) is 6. The first-order valence-electron chi connectivity index (χ1n) is 7.21. The summed E-state index contributed by atoms with van der Waals surface area (Å²) in [6.45, 7) is 0. The van der Waals surface area contributed by atoms with E-state index in [2.05, 4.69) is 10.6 Å². The van der Waals surface area contributed by atoms with Crippen molar-refractivity contribution in [2.75, 3.05) is 32.0 Å². The highest BCUT2D eigenvalue weighted by molar-refractivity contribution is 6.32. The minimum atomic E-state index is -0.634. The number of carbonyl (C=O) groups is 1. The van der Waals surface area contributed by atoms with Crippen molar-refractivity contribution in [1.82, 2.24) is 0 Å². The highest BCUT2D eigenvalue weighted by Crippen LogP contribution is 2.40. The van der Waals surface area contributed by atoms with Gasteiger partial charge in [0.2, 0.25) is 5.75 Å². The molecule has 2 rings (SSSR count). The normalized spacial score (nSPS) is 10.0. The number of carbonyl (C=O) groups excluding carboxylic acids is 1. The molecule has 0 aromatic heterocycles. The topological polar surface area (TPSA) is 112 Å². The number of halogens is 1. The summed E-state index contributed by atoms with van der Waals surface area (Å²) in [6.07, 6.45) is 0. The van der Waals surface area contributed by atoms with E-state index < -0.39 is 11.0 Å². The first kappa shape index (κ1) is 19.1. The van der Waals surface area contributed by atoms with E-state index in [1.54, 1.807) is 12.1 Å². The summed E-state index contributed by atoms with van der Waals surface area (Å²) in [4.78, 5) is 22.4. The number of nitro benzene ring substituents is 1. The van der Waals surface area contributed by atoms with Gasteiger partial charge in [0.25, 0.3) is 5.69 Å². The van der Waals surface area contributed by atoms with Crippen LogP contribution >= 0.6 is 11.6 Å². The van der Waals surface area contributed by atoms with Crippen LogP contribution in [0.25, 0.3) is 0 Å². The van der Waals surface area contributed by atoms with Crippen LogP contribution in [0.3, 0.4) is 0 Å². The number of methoxy groups -OCH3 is 3. The van der Waals surface area contributed by atoms with E-state index >= 15 is 0 Å². The van der Waals surface area contributed by atoms with E-state index in [9.17, 15) is 14.9 Å². The van der Waals surface area contributed by atoms with Crippen molar-refractivity contribution in [3.8, 4) is 17.2 Å². The van der Waals surface area contributed by atoms with Crippen LogP contribution in [0.5, 0.6) is 17.2 Å². The third-order valence-corrected chi connectivity index (χ3v) is 3.64. The van der Waals surface area contributed by atoms with E-state index in [1.165, 1.54) is 33.5 Å². The molecule has 2 amide bonds. The number of anilines is 2. The van der Waals surface area contributed by atoms with Gasteiger partial charge >= 0.3 is 6.03 Å². The Labute approximate surface area is 154 Å². The van der Waals surface area contributed by atoms with Crippen molar-refractivity contribution in [1.29, 1.82) is 0 Å². The van der Waals surface area contributed by atoms with Crippen LogP contribution in [-0.2, 0) is 0 Å². The largest absolute Gasteiger partial charge is 0.493 e. The zero-order valence-corrected chi connectivity index (χ0v) is 14.9. The third-order valence-electron chi connectivity index (χ3n) is 3.32. The van der Waals surface area contributed by atoms with E-state index in [0.717, 1.165) is 6.07 Å². The third kappa shape index (κ3) is 4.25.